The van der Waals surface area contributed by atoms with Crippen molar-refractivity contribution >= 4 is 23.5 Å². The standard InChI is InChI=1S/C20H27N3O4/c1-19(2)13-20(19,18(26)27)17(25)21-15-6-4-5-14(11-15)12-16(24)23-9-7-22(3)8-10-23/h4-6,11H,7-10,12-13H2,1-3H3,(H,21,25)(H,26,27). The van der Waals surface area contributed by atoms with Gasteiger partial charge in [-0.05, 0) is 36.6 Å². The zero-order chi connectivity index (χ0) is 19.8. The second-order valence-electron chi connectivity index (χ2n) is 8.29. The average Bonchev–Trinajstić information content (AvgIpc) is 3.20. The molecule has 0 spiro atoms. The van der Waals surface area contributed by atoms with Crippen LogP contribution in [0.4, 0.5) is 5.69 Å². The van der Waals surface area contributed by atoms with E-state index in [2.05, 4.69) is 10.2 Å². The molecule has 2 fully saturated rings. The van der Waals surface area contributed by atoms with Gasteiger partial charge in [-0.2, -0.15) is 0 Å². The third-order valence-corrected chi connectivity index (χ3v) is 5.89. The number of carboxylic acid groups (broad SMARTS) is 1. The Bertz CT molecular complexity index is 768. The predicted molar refractivity (Wildman–Crippen MR) is 101 cm³/mol. The average molecular weight is 373 g/mol. The van der Waals surface area contributed by atoms with Crippen molar-refractivity contribution in [1.29, 1.82) is 0 Å². The lowest BCUT2D eigenvalue weighted by Crippen LogP contribution is -2.47. The molecule has 1 aliphatic heterocycles. The van der Waals surface area contributed by atoms with E-state index in [0.29, 0.717) is 12.1 Å². The molecule has 1 unspecified atom stereocenters. The summed E-state index contributed by atoms with van der Waals surface area (Å²) in [5, 5.41) is 12.2. The van der Waals surface area contributed by atoms with Crippen molar-refractivity contribution in [3.8, 4) is 0 Å². The van der Waals surface area contributed by atoms with Crippen LogP contribution in [0, 0.1) is 10.8 Å². The topological polar surface area (TPSA) is 90.0 Å². The highest BCUT2D eigenvalue weighted by atomic mass is 16.4. The van der Waals surface area contributed by atoms with Crippen LogP contribution in [-0.4, -0.2) is 65.9 Å². The lowest BCUT2D eigenvalue weighted by molar-refractivity contribution is -0.149. The molecule has 0 radical (unpaired) electrons. The van der Waals surface area contributed by atoms with E-state index < -0.39 is 22.7 Å². The molecule has 1 aromatic carbocycles. The fourth-order valence-corrected chi connectivity index (χ4v) is 3.81. The normalized spacial score (nSPS) is 24.3. The number of nitrogens with zero attached hydrogens (tertiary/aromatic N) is 2. The van der Waals surface area contributed by atoms with E-state index in [4.69, 9.17) is 0 Å². The van der Waals surface area contributed by atoms with Gasteiger partial charge in [0.1, 0.15) is 0 Å². The fraction of sp³-hybridized carbons (Fsp3) is 0.550. The maximum absolute atomic E-state index is 12.6. The molecule has 1 heterocycles. The summed E-state index contributed by atoms with van der Waals surface area (Å²) in [5.74, 6) is -1.52. The van der Waals surface area contributed by atoms with Crippen LogP contribution in [0.15, 0.2) is 24.3 Å². The van der Waals surface area contributed by atoms with Crippen LogP contribution in [0.25, 0.3) is 0 Å². The Morgan fingerprint density at radius 2 is 1.78 bits per heavy atom. The Kier molecular flexibility index (Phi) is 4.99. The first-order chi connectivity index (χ1) is 12.7. The highest BCUT2D eigenvalue weighted by Crippen LogP contribution is 2.64. The quantitative estimate of drug-likeness (QED) is 0.763. The summed E-state index contributed by atoms with van der Waals surface area (Å²) in [4.78, 5) is 40.8. The number of likely N-dealkylation sites (N-methyl/N-ethyl adjacent to an activating group) is 1. The first kappa shape index (κ1) is 19.4. The highest BCUT2D eigenvalue weighted by molar-refractivity contribution is 6.12. The Balaban J connectivity index is 1.65. The molecule has 1 saturated heterocycles. The summed E-state index contributed by atoms with van der Waals surface area (Å²) in [7, 11) is 2.04. The fourth-order valence-electron chi connectivity index (χ4n) is 3.81. The lowest BCUT2D eigenvalue weighted by atomic mass is 9.95. The summed E-state index contributed by atoms with van der Waals surface area (Å²) in [5.41, 5.74) is -0.612. The summed E-state index contributed by atoms with van der Waals surface area (Å²) >= 11 is 0. The Labute approximate surface area is 159 Å². The number of anilines is 1. The van der Waals surface area contributed by atoms with Gasteiger partial charge in [0, 0.05) is 31.9 Å². The molecule has 7 heteroatoms. The van der Waals surface area contributed by atoms with E-state index in [9.17, 15) is 19.5 Å². The van der Waals surface area contributed by atoms with Crippen molar-refractivity contribution in [2.45, 2.75) is 26.7 Å². The number of aliphatic carboxylic acids is 1. The van der Waals surface area contributed by atoms with Gasteiger partial charge in [-0.3, -0.25) is 14.4 Å². The van der Waals surface area contributed by atoms with E-state index in [1.54, 1.807) is 32.0 Å². The van der Waals surface area contributed by atoms with Gasteiger partial charge in [0.15, 0.2) is 5.41 Å². The third-order valence-electron chi connectivity index (χ3n) is 5.89. The first-order valence-electron chi connectivity index (χ1n) is 9.26. The van der Waals surface area contributed by atoms with Crippen LogP contribution in [0.5, 0.6) is 0 Å². The summed E-state index contributed by atoms with van der Waals surface area (Å²) in [6.07, 6.45) is 0.589. The van der Waals surface area contributed by atoms with E-state index >= 15 is 0 Å². The van der Waals surface area contributed by atoms with Gasteiger partial charge in [-0.25, -0.2) is 0 Å². The molecule has 1 aromatic rings. The number of carbonyl (C=O) groups excluding carboxylic acids is 2. The van der Waals surface area contributed by atoms with E-state index in [-0.39, 0.29) is 12.3 Å². The van der Waals surface area contributed by atoms with Crippen LogP contribution in [0.3, 0.4) is 0 Å². The van der Waals surface area contributed by atoms with Gasteiger partial charge in [0.25, 0.3) is 0 Å². The van der Waals surface area contributed by atoms with Crippen molar-refractivity contribution in [3.63, 3.8) is 0 Å². The van der Waals surface area contributed by atoms with Gasteiger partial charge in [-0.15, -0.1) is 0 Å². The maximum atomic E-state index is 12.6. The zero-order valence-corrected chi connectivity index (χ0v) is 16.1. The van der Waals surface area contributed by atoms with Gasteiger partial charge in [0.05, 0.1) is 6.42 Å². The molecule has 146 valence electrons. The smallest absolute Gasteiger partial charge is 0.319 e. The van der Waals surface area contributed by atoms with Crippen LogP contribution in [-0.2, 0) is 20.8 Å². The Hall–Kier alpha value is -2.41. The molecule has 1 aliphatic carbocycles. The molecule has 1 saturated carbocycles. The number of hydrogen-bond donors (Lipinski definition) is 2. The SMILES string of the molecule is CN1CCN(C(=O)Cc2cccc(NC(=O)C3(C(=O)O)CC3(C)C)c2)CC1. The van der Waals surface area contributed by atoms with Crippen molar-refractivity contribution in [2.75, 3.05) is 38.5 Å². The molecule has 1 atom stereocenters. The summed E-state index contributed by atoms with van der Waals surface area (Å²) in [6.45, 7) is 6.76. The second-order valence-corrected chi connectivity index (χ2v) is 8.29. The molecule has 0 aromatic heterocycles. The monoisotopic (exact) mass is 373 g/mol. The number of nitrogens with one attached hydrogen (secondary N) is 1. The first-order valence-corrected chi connectivity index (χ1v) is 9.26. The van der Waals surface area contributed by atoms with E-state index in [1.807, 2.05) is 18.0 Å². The molecular formula is C20H27N3O4. The number of rotatable bonds is 5. The lowest BCUT2D eigenvalue weighted by Gasteiger charge is -2.32. The van der Waals surface area contributed by atoms with Crippen LogP contribution < -0.4 is 5.32 Å². The molecule has 2 aliphatic rings. The van der Waals surface area contributed by atoms with Crippen LogP contribution in [0.2, 0.25) is 0 Å². The third kappa shape index (κ3) is 3.69. The van der Waals surface area contributed by atoms with E-state index in [0.717, 1.165) is 31.7 Å². The minimum Gasteiger partial charge on any atom is -0.480 e. The minimum absolute atomic E-state index is 0.0666. The van der Waals surface area contributed by atoms with E-state index in [1.165, 1.54) is 0 Å². The zero-order valence-electron chi connectivity index (χ0n) is 16.1. The number of carboxylic acids is 1. The maximum Gasteiger partial charge on any atom is 0.319 e. The largest absolute Gasteiger partial charge is 0.480 e. The molecule has 7 nitrogen and oxygen atoms in total. The Morgan fingerprint density at radius 3 is 2.33 bits per heavy atom. The molecule has 2 N–H and O–H groups in total. The second kappa shape index (κ2) is 6.96. The van der Waals surface area contributed by atoms with Crippen molar-refractivity contribution in [1.82, 2.24) is 9.80 Å². The van der Waals surface area contributed by atoms with Crippen molar-refractivity contribution < 1.29 is 19.5 Å². The van der Waals surface area contributed by atoms with Crippen molar-refractivity contribution in [2.24, 2.45) is 10.8 Å². The van der Waals surface area contributed by atoms with Gasteiger partial charge >= 0.3 is 5.97 Å². The highest BCUT2D eigenvalue weighted by Gasteiger charge is 2.72. The van der Waals surface area contributed by atoms with Crippen LogP contribution in [0.1, 0.15) is 25.8 Å². The molecule has 3 rings (SSSR count). The number of carbonyl (C=O) groups is 3. The van der Waals surface area contributed by atoms with Crippen molar-refractivity contribution in [3.05, 3.63) is 29.8 Å². The summed E-state index contributed by atoms with van der Waals surface area (Å²) < 4.78 is 0. The van der Waals surface area contributed by atoms with Gasteiger partial charge in [-0.1, -0.05) is 26.0 Å². The van der Waals surface area contributed by atoms with Gasteiger partial charge in [0.2, 0.25) is 11.8 Å². The number of piperazine rings is 1. The molecule has 27 heavy (non-hydrogen) atoms. The molecule has 2 amide bonds. The molecule has 0 bridgehead atoms. The Morgan fingerprint density at radius 1 is 1.15 bits per heavy atom. The number of hydrogen-bond acceptors (Lipinski definition) is 4. The van der Waals surface area contributed by atoms with Crippen LogP contribution >= 0.6 is 0 Å². The minimum atomic E-state index is -1.38. The summed E-state index contributed by atoms with van der Waals surface area (Å²) in [6, 6.07) is 7.08. The predicted octanol–water partition coefficient (Wildman–Crippen LogP) is 1.44. The van der Waals surface area contributed by atoms with Gasteiger partial charge < -0.3 is 20.2 Å². The number of benzene rings is 1. The molecular weight excluding hydrogens is 346 g/mol. The number of amides is 2.